The number of rotatable bonds is 9. The Morgan fingerprint density at radius 1 is 1.10 bits per heavy atom. The Kier molecular flexibility index (Phi) is 8.66. The van der Waals surface area contributed by atoms with Gasteiger partial charge in [0, 0.05) is 19.9 Å². The van der Waals surface area contributed by atoms with Crippen LogP contribution in [0.1, 0.15) is 47.5 Å². The summed E-state index contributed by atoms with van der Waals surface area (Å²) >= 11 is 0. The number of nitrogens with one attached hydrogen (secondary N) is 2. The van der Waals surface area contributed by atoms with Crippen LogP contribution in [0.25, 0.3) is 0 Å². The topological polar surface area (TPSA) is 95.5 Å². The highest BCUT2D eigenvalue weighted by Crippen LogP contribution is 2.15. The normalized spacial score (nSPS) is 13.9. The Bertz CT molecular complexity index is 367. The van der Waals surface area contributed by atoms with Crippen molar-refractivity contribution in [1.29, 1.82) is 0 Å². The molecular formula is C15H28N2O4. The molecule has 122 valence electrons. The summed E-state index contributed by atoms with van der Waals surface area (Å²) in [6, 6.07) is -0.591. The highest BCUT2D eigenvalue weighted by molar-refractivity contribution is 5.87. The minimum Gasteiger partial charge on any atom is -0.481 e. The second kappa shape index (κ2) is 9.37. The van der Waals surface area contributed by atoms with Crippen LogP contribution in [0.2, 0.25) is 0 Å². The minimum atomic E-state index is -0.864. The van der Waals surface area contributed by atoms with Crippen molar-refractivity contribution in [3.05, 3.63) is 0 Å². The van der Waals surface area contributed by atoms with E-state index in [0.29, 0.717) is 12.5 Å². The van der Waals surface area contributed by atoms with Crippen LogP contribution >= 0.6 is 0 Å². The molecule has 0 aromatic carbocycles. The first-order chi connectivity index (χ1) is 9.63. The lowest BCUT2D eigenvalue weighted by Gasteiger charge is -2.23. The molecule has 0 saturated heterocycles. The maximum absolute atomic E-state index is 12.1. The number of carbonyl (C=O) groups excluding carboxylic acids is 2. The molecule has 0 aromatic rings. The molecule has 0 rings (SSSR count). The molecule has 6 nitrogen and oxygen atoms in total. The number of carbonyl (C=O) groups is 3. The minimum absolute atomic E-state index is 0.0306. The highest BCUT2D eigenvalue weighted by atomic mass is 16.4. The van der Waals surface area contributed by atoms with E-state index in [1.165, 1.54) is 6.92 Å². The Morgan fingerprint density at radius 2 is 1.67 bits per heavy atom. The largest absolute Gasteiger partial charge is 0.481 e. The number of aliphatic carboxylic acids is 1. The average Bonchev–Trinajstić information content (AvgIpc) is 2.30. The molecule has 2 atom stereocenters. The summed E-state index contributed by atoms with van der Waals surface area (Å²) in [4.78, 5) is 34.1. The first-order valence-electron chi connectivity index (χ1n) is 7.40. The second-order valence-electron chi connectivity index (χ2n) is 6.26. The molecule has 0 spiro atoms. The van der Waals surface area contributed by atoms with Gasteiger partial charge in [-0.3, -0.25) is 14.4 Å². The summed E-state index contributed by atoms with van der Waals surface area (Å²) in [7, 11) is 0. The van der Waals surface area contributed by atoms with Crippen LogP contribution in [0.3, 0.4) is 0 Å². The van der Waals surface area contributed by atoms with Gasteiger partial charge in [0.05, 0.1) is 0 Å². The van der Waals surface area contributed by atoms with Crippen LogP contribution < -0.4 is 10.6 Å². The highest BCUT2D eigenvalue weighted by Gasteiger charge is 2.24. The van der Waals surface area contributed by atoms with Crippen LogP contribution in [0.4, 0.5) is 0 Å². The summed E-state index contributed by atoms with van der Waals surface area (Å²) in [6.07, 6.45) is 0.768. The van der Waals surface area contributed by atoms with Crippen LogP contribution in [-0.2, 0) is 14.4 Å². The Morgan fingerprint density at radius 3 is 2.05 bits per heavy atom. The van der Waals surface area contributed by atoms with E-state index in [1.807, 2.05) is 27.7 Å². The van der Waals surface area contributed by atoms with Crippen molar-refractivity contribution < 1.29 is 19.5 Å². The first-order valence-corrected chi connectivity index (χ1v) is 7.40. The van der Waals surface area contributed by atoms with E-state index in [2.05, 4.69) is 10.6 Å². The molecule has 0 aliphatic carbocycles. The summed E-state index contributed by atoms with van der Waals surface area (Å²) in [5.74, 6) is -1.15. The molecule has 6 heteroatoms. The van der Waals surface area contributed by atoms with E-state index in [1.54, 1.807) is 0 Å². The first kappa shape index (κ1) is 19.4. The van der Waals surface area contributed by atoms with Crippen LogP contribution in [0.15, 0.2) is 0 Å². The molecule has 0 saturated carbocycles. The quantitative estimate of drug-likeness (QED) is 0.600. The van der Waals surface area contributed by atoms with Gasteiger partial charge in [-0.1, -0.05) is 27.7 Å². The Labute approximate surface area is 126 Å². The molecule has 0 aromatic heterocycles. The van der Waals surface area contributed by atoms with Gasteiger partial charge in [-0.25, -0.2) is 0 Å². The Hall–Kier alpha value is -1.59. The van der Waals surface area contributed by atoms with Gasteiger partial charge in [0.25, 0.3) is 0 Å². The lowest BCUT2D eigenvalue weighted by Crippen LogP contribution is -2.50. The number of carboxylic acid groups (broad SMARTS) is 1. The number of carboxylic acids is 1. The third-order valence-corrected chi connectivity index (χ3v) is 3.14. The van der Waals surface area contributed by atoms with Crippen molar-refractivity contribution in [3.8, 4) is 0 Å². The molecular weight excluding hydrogens is 272 g/mol. The summed E-state index contributed by atoms with van der Waals surface area (Å²) < 4.78 is 0. The fourth-order valence-electron chi connectivity index (χ4n) is 2.26. The predicted octanol–water partition coefficient (Wildman–Crippen LogP) is 1.40. The van der Waals surface area contributed by atoms with Gasteiger partial charge >= 0.3 is 5.97 Å². The summed E-state index contributed by atoms with van der Waals surface area (Å²) in [5.41, 5.74) is 0. The SMILES string of the molecule is CC(=O)NC(C(=O)NC[C@H](CC(=O)O)CC(C)C)C(C)C. The zero-order valence-corrected chi connectivity index (χ0v) is 13.6. The van der Waals surface area contributed by atoms with Crippen molar-refractivity contribution in [2.75, 3.05) is 6.54 Å². The Balaban J connectivity index is 4.56. The molecule has 2 amide bonds. The van der Waals surface area contributed by atoms with E-state index in [0.717, 1.165) is 6.42 Å². The van der Waals surface area contributed by atoms with Gasteiger partial charge in [-0.2, -0.15) is 0 Å². The predicted molar refractivity (Wildman–Crippen MR) is 80.7 cm³/mol. The molecule has 0 bridgehead atoms. The smallest absolute Gasteiger partial charge is 0.303 e. The zero-order chi connectivity index (χ0) is 16.6. The monoisotopic (exact) mass is 300 g/mol. The van der Waals surface area contributed by atoms with Gasteiger partial charge in [0.2, 0.25) is 11.8 Å². The maximum Gasteiger partial charge on any atom is 0.303 e. The molecule has 0 radical (unpaired) electrons. The van der Waals surface area contributed by atoms with Crippen molar-refractivity contribution >= 4 is 17.8 Å². The van der Waals surface area contributed by atoms with Gasteiger partial charge in [0.1, 0.15) is 6.04 Å². The zero-order valence-electron chi connectivity index (χ0n) is 13.6. The van der Waals surface area contributed by atoms with E-state index >= 15 is 0 Å². The van der Waals surface area contributed by atoms with Crippen LogP contribution in [0.5, 0.6) is 0 Å². The van der Waals surface area contributed by atoms with Gasteiger partial charge in [-0.15, -0.1) is 0 Å². The average molecular weight is 300 g/mol. The molecule has 21 heavy (non-hydrogen) atoms. The standard InChI is InChI=1S/C15H28N2O4/c1-9(2)6-12(7-13(19)20)8-16-15(21)14(10(3)4)17-11(5)18/h9-10,12,14H,6-8H2,1-5H3,(H,16,21)(H,17,18)(H,19,20)/t12-,14?/m0/s1. The van der Waals surface area contributed by atoms with Crippen molar-refractivity contribution in [1.82, 2.24) is 10.6 Å². The number of amides is 2. The molecule has 0 heterocycles. The van der Waals surface area contributed by atoms with Crippen molar-refractivity contribution in [2.45, 2.75) is 53.5 Å². The summed E-state index contributed by atoms with van der Waals surface area (Å²) in [6.45, 7) is 9.42. The number of hydrogen-bond donors (Lipinski definition) is 3. The fraction of sp³-hybridized carbons (Fsp3) is 0.800. The van der Waals surface area contributed by atoms with Crippen LogP contribution in [0, 0.1) is 17.8 Å². The molecule has 0 aliphatic rings. The van der Waals surface area contributed by atoms with Gasteiger partial charge in [-0.05, 0) is 24.2 Å². The van der Waals surface area contributed by atoms with Gasteiger partial charge < -0.3 is 15.7 Å². The maximum atomic E-state index is 12.1. The number of hydrogen-bond acceptors (Lipinski definition) is 3. The molecule has 0 fully saturated rings. The lowest BCUT2D eigenvalue weighted by molar-refractivity contribution is -0.138. The fourth-order valence-corrected chi connectivity index (χ4v) is 2.26. The third kappa shape index (κ3) is 9.05. The lowest BCUT2D eigenvalue weighted by atomic mass is 9.93. The van der Waals surface area contributed by atoms with E-state index < -0.39 is 12.0 Å². The van der Waals surface area contributed by atoms with Crippen molar-refractivity contribution in [3.63, 3.8) is 0 Å². The van der Waals surface area contributed by atoms with E-state index in [4.69, 9.17) is 5.11 Å². The van der Waals surface area contributed by atoms with Crippen molar-refractivity contribution in [2.24, 2.45) is 17.8 Å². The third-order valence-electron chi connectivity index (χ3n) is 3.14. The molecule has 1 unspecified atom stereocenters. The molecule has 0 aliphatic heterocycles. The molecule has 3 N–H and O–H groups in total. The van der Waals surface area contributed by atoms with E-state index in [9.17, 15) is 14.4 Å². The van der Waals surface area contributed by atoms with Crippen LogP contribution in [-0.4, -0.2) is 35.5 Å². The second-order valence-corrected chi connectivity index (χ2v) is 6.26. The summed E-state index contributed by atoms with van der Waals surface area (Å²) in [5, 5.41) is 14.3. The van der Waals surface area contributed by atoms with Gasteiger partial charge in [0.15, 0.2) is 0 Å². The van der Waals surface area contributed by atoms with E-state index in [-0.39, 0.29) is 30.1 Å².